The molecule has 1 aliphatic heterocycles. The van der Waals surface area contributed by atoms with Crippen LogP contribution in [0.5, 0.6) is 5.75 Å². The second-order valence-electron chi connectivity index (χ2n) is 9.07. The average molecular weight is 479 g/mol. The Kier molecular flexibility index (Phi) is 6.77. The summed E-state index contributed by atoms with van der Waals surface area (Å²) in [6.45, 7) is 3.76. The molecule has 4 N–H and O–H groups in total. The first kappa shape index (κ1) is 24.0. The van der Waals surface area contributed by atoms with Crippen LogP contribution in [0.3, 0.4) is 0 Å². The Morgan fingerprint density at radius 2 is 1.74 bits per heavy atom. The van der Waals surface area contributed by atoms with E-state index >= 15 is 0 Å². The first-order valence-corrected chi connectivity index (χ1v) is 13.0. The fourth-order valence-electron chi connectivity index (χ4n) is 4.67. The Hall–Kier alpha value is -3.16. The fourth-order valence-corrected chi connectivity index (χ4v) is 6.27. The predicted molar refractivity (Wildman–Crippen MR) is 133 cm³/mol. The number of nitrogens with one attached hydrogen (secondary N) is 1. The second kappa shape index (κ2) is 9.60. The van der Waals surface area contributed by atoms with Gasteiger partial charge in [-0.05, 0) is 84.7 Å². The molecule has 0 saturated heterocycles. The van der Waals surface area contributed by atoms with Gasteiger partial charge < -0.3 is 16.2 Å². The van der Waals surface area contributed by atoms with Crippen LogP contribution in [0.25, 0.3) is 0 Å². The van der Waals surface area contributed by atoms with E-state index in [1.54, 1.807) is 18.2 Å². The lowest BCUT2D eigenvalue weighted by Crippen LogP contribution is -2.45. The molecule has 3 aromatic carbocycles. The summed E-state index contributed by atoms with van der Waals surface area (Å²) in [5, 5.41) is 12.8. The Morgan fingerprint density at radius 1 is 1.06 bits per heavy atom. The molecule has 0 aromatic heterocycles. The molecule has 0 radical (unpaired) electrons. The Balaban J connectivity index is 1.55. The van der Waals surface area contributed by atoms with Crippen LogP contribution in [-0.2, 0) is 27.5 Å². The molecule has 3 aromatic rings. The minimum atomic E-state index is -3.39. The van der Waals surface area contributed by atoms with E-state index in [0.717, 1.165) is 27.8 Å². The highest BCUT2D eigenvalue weighted by molar-refractivity contribution is 7.91. The zero-order valence-corrected chi connectivity index (χ0v) is 20.2. The van der Waals surface area contributed by atoms with Crippen molar-refractivity contribution in [3.63, 3.8) is 0 Å². The smallest absolute Gasteiger partial charge is 0.237 e. The largest absolute Gasteiger partial charge is 0.508 e. The van der Waals surface area contributed by atoms with Crippen LogP contribution in [0, 0.1) is 13.8 Å². The summed E-state index contributed by atoms with van der Waals surface area (Å²) in [5.41, 5.74) is 11.7. The number of fused-ring (bicyclic) bond motifs is 1. The highest BCUT2D eigenvalue weighted by atomic mass is 32.2. The molecule has 1 amide bonds. The van der Waals surface area contributed by atoms with Gasteiger partial charge in [0.2, 0.25) is 5.91 Å². The molecule has 2 atom stereocenters. The van der Waals surface area contributed by atoms with Crippen LogP contribution in [-0.4, -0.2) is 31.2 Å². The van der Waals surface area contributed by atoms with Crippen molar-refractivity contribution < 1.29 is 18.3 Å². The van der Waals surface area contributed by atoms with E-state index in [0.29, 0.717) is 24.8 Å². The molecule has 178 valence electrons. The maximum atomic E-state index is 13.0. The Morgan fingerprint density at radius 3 is 2.41 bits per heavy atom. The molecule has 1 aliphatic rings. The third-order valence-electron chi connectivity index (χ3n) is 6.47. The molecule has 34 heavy (non-hydrogen) atoms. The minimum absolute atomic E-state index is 0.0194. The summed E-state index contributed by atoms with van der Waals surface area (Å²) in [4.78, 5) is 13.3. The minimum Gasteiger partial charge on any atom is -0.508 e. The van der Waals surface area contributed by atoms with Crippen LogP contribution >= 0.6 is 0 Å². The zero-order chi connectivity index (χ0) is 24.5. The summed E-state index contributed by atoms with van der Waals surface area (Å²) < 4.78 is 25.4. The number of hydrogen-bond donors (Lipinski definition) is 3. The maximum Gasteiger partial charge on any atom is 0.237 e. The topological polar surface area (TPSA) is 109 Å². The molecule has 4 rings (SSSR count). The van der Waals surface area contributed by atoms with Gasteiger partial charge in [0.1, 0.15) is 5.75 Å². The highest BCUT2D eigenvalue weighted by Gasteiger charge is 2.32. The van der Waals surface area contributed by atoms with Gasteiger partial charge in [-0.3, -0.25) is 4.79 Å². The van der Waals surface area contributed by atoms with Crippen LogP contribution in [0.1, 0.15) is 45.8 Å². The molecule has 6 nitrogen and oxygen atoms in total. The van der Waals surface area contributed by atoms with E-state index in [2.05, 4.69) is 5.32 Å². The van der Waals surface area contributed by atoms with Gasteiger partial charge in [0.25, 0.3) is 0 Å². The normalized spacial score (nSPS) is 17.6. The number of hydrogen-bond acceptors (Lipinski definition) is 5. The fraction of sp³-hybridized carbons (Fsp3) is 0.296. The predicted octanol–water partition coefficient (Wildman–Crippen LogP) is 3.50. The third-order valence-corrected chi connectivity index (χ3v) is 8.28. The molecular weight excluding hydrogens is 448 g/mol. The molecule has 7 heteroatoms. The van der Waals surface area contributed by atoms with Crippen molar-refractivity contribution in [3.8, 4) is 5.75 Å². The number of amides is 1. The number of aryl methyl sites for hydroxylation is 2. The highest BCUT2D eigenvalue weighted by Crippen LogP contribution is 2.33. The first-order valence-electron chi connectivity index (χ1n) is 11.4. The van der Waals surface area contributed by atoms with Crippen LogP contribution < -0.4 is 11.1 Å². The van der Waals surface area contributed by atoms with Gasteiger partial charge in [0.15, 0.2) is 9.84 Å². The van der Waals surface area contributed by atoms with Gasteiger partial charge in [-0.1, -0.05) is 42.5 Å². The van der Waals surface area contributed by atoms with E-state index in [1.807, 2.05) is 56.3 Å². The number of benzene rings is 3. The van der Waals surface area contributed by atoms with Crippen molar-refractivity contribution >= 4 is 15.7 Å². The van der Waals surface area contributed by atoms with Gasteiger partial charge in [-0.2, -0.15) is 0 Å². The molecule has 0 bridgehead atoms. The van der Waals surface area contributed by atoms with Crippen molar-refractivity contribution in [3.05, 3.63) is 94.0 Å². The number of phenolic OH excluding ortho intramolecular Hbond substituents is 1. The number of sulfone groups is 1. The van der Waals surface area contributed by atoms with Gasteiger partial charge in [0.05, 0.1) is 22.7 Å². The Bertz CT molecular complexity index is 1300. The van der Waals surface area contributed by atoms with Crippen LogP contribution in [0.4, 0.5) is 0 Å². The summed E-state index contributed by atoms with van der Waals surface area (Å²) in [5.74, 6) is -0.160. The Labute approximate surface area is 200 Å². The molecule has 0 aliphatic carbocycles. The van der Waals surface area contributed by atoms with Crippen molar-refractivity contribution in [2.75, 3.05) is 5.75 Å². The average Bonchev–Trinajstić information content (AvgIpc) is 2.78. The van der Waals surface area contributed by atoms with Gasteiger partial charge in [0, 0.05) is 0 Å². The molecule has 0 spiro atoms. The van der Waals surface area contributed by atoms with Gasteiger partial charge in [-0.25, -0.2) is 8.42 Å². The SMILES string of the molecule is Cc1cc(O)cc(C)c1C[C@H](N)C(=O)N[C@@H]1CCS(=O)(=O)c2ccc(Cc3ccccc3)cc21. The lowest BCUT2D eigenvalue weighted by Gasteiger charge is -2.28. The quantitative estimate of drug-likeness (QED) is 0.502. The zero-order valence-electron chi connectivity index (χ0n) is 19.4. The number of phenols is 1. The second-order valence-corrected chi connectivity index (χ2v) is 11.1. The van der Waals surface area contributed by atoms with Crippen molar-refractivity contribution in [1.29, 1.82) is 0 Å². The van der Waals surface area contributed by atoms with Crippen LogP contribution in [0.15, 0.2) is 65.6 Å². The number of aromatic hydroxyl groups is 1. The summed E-state index contributed by atoms with van der Waals surface area (Å²) >= 11 is 0. The third kappa shape index (κ3) is 5.16. The van der Waals surface area contributed by atoms with Crippen molar-refractivity contribution in [2.24, 2.45) is 5.73 Å². The number of nitrogens with two attached hydrogens (primary N) is 1. The monoisotopic (exact) mass is 478 g/mol. The van der Waals surface area contributed by atoms with E-state index in [9.17, 15) is 18.3 Å². The summed E-state index contributed by atoms with van der Waals surface area (Å²) in [6.07, 6.45) is 1.31. The molecule has 1 heterocycles. The van der Waals surface area contributed by atoms with Crippen molar-refractivity contribution in [1.82, 2.24) is 5.32 Å². The molecular formula is C27H30N2O4S. The molecule has 0 fully saturated rings. The van der Waals surface area contributed by atoms with Gasteiger partial charge in [-0.15, -0.1) is 0 Å². The number of carbonyl (C=O) groups is 1. The van der Waals surface area contributed by atoms with E-state index in [-0.39, 0.29) is 22.3 Å². The summed E-state index contributed by atoms with van der Waals surface area (Å²) in [7, 11) is -3.39. The first-order chi connectivity index (χ1) is 16.1. The number of rotatable bonds is 6. The maximum absolute atomic E-state index is 13.0. The van der Waals surface area contributed by atoms with E-state index < -0.39 is 21.9 Å². The van der Waals surface area contributed by atoms with E-state index in [4.69, 9.17) is 5.73 Å². The summed E-state index contributed by atoms with van der Waals surface area (Å²) in [6, 6.07) is 17.4. The standard InChI is InChI=1S/C27H30N2O4S/c1-17-12-21(30)13-18(2)22(17)16-24(28)27(31)29-25-10-11-34(32,33)26-9-8-20(15-23(25)26)14-19-6-4-3-5-7-19/h3-9,12-13,15,24-25,30H,10-11,14,16,28H2,1-2H3,(H,29,31)/t24-,25+/m0/s1. The number of carbonyl (C=O) groups excluding carboxylic acids is 1. The van der Waals surface area contributed by atoms with E-state index in [1.165, 1.54) is 0 Å². The molecule has 0 unspecified atom stereocenters. The van der Waals surface area contributed by atoms with Gasteiger partial charge >= 0.3 is 0 Å². The van der Waals surface area contributed by atoms with Crippen LogP contribution in [0.2, 0.25) is 0 Å². The lowest BCUT2D eigenvalue weighted by molar-refractivity contribution is -0.123. The molecule has 0 saturated carbocycles. The van der Waals surface area contributed by atoms with Crippen molar-refractivity contribution in [2.45, 2.75) is 50.1 Å². The lowest BCUT2D eigenvalue weighted by atomic mass is 9.95.